The highest BCUT2D eigenvalue weighted by atomic mass is 79.9. The van der Waals surface area contributed by atoms with Gasteiger partial charge in [0.05, 0.1) is 5.92 Å². The minimum absolute atomic E-state index is 0.00530. The fourth-order valence-corrected chi connectivity index (χ4v) is 4.49. The molecule has 1 aromatic heterocycles. The fourth-order valence-electron chi connectivity index (χ4n) is 2.28. The molecule has 0 aromatic carbocycles. The van der Waals surface area contributed by atoms with Gasteiger partial charge in [-0.2, -0.15) is 4.31 Å². The maximum Gasteiger partial charge on any atom is 0.307 e. The molecule has 2 rings (SSSR count). The molecule has 0 aliphatic carbocycles. The van der Waals surface area contributed by atoms with Crippen molar-refractivity contribution >= 4 is 31.9 Å². The van der Waals surface area contributed by atoms with Crippen molar-refractivity contribution in [3.8, 4) is 0 Å². The SMILES string of the molecule is CC1CCC(C(=O)O)CN1S(=O)(=O)c1cncc(Br)c1. The Hall–Kier alpha value is -0.990. The van der Waals surface area contributed by atoms with E-state index in [1.165, 1.54) is 22.8 Å². The number of pyridine rings is 1. The number of sulfonamides is 1. The second-order valence-electron chi connectivity index (χ2n) is 4.88. The second-order valence-corrected chi connectivity index (χ2v) is 7.68. The summed E-state index contributed by atoms with van der Waals surface area (Å²) in [5.74, 6) is -1.61. The predicted octanol–water partition coefficient (Wildman–Crippen LogP) is 1.72. The largest absolute Gasteiger partial charge is 0.481 e. The van der Waals surface area contributed by atoms with E-state index in [0.29, 0.717) is 17.3 Å². The van der Waals surface area contributed by atoms with E-state index in [2.05, 4.69) is 20.9 Å². The monoisotopic (exact) mass is 362 g/mol. The number of nitrogens with zero attached hydrogens (tertiary/aromatic N) is 2. The zero-order valence-corrected chi connectivity index (χ0v) is 13.3. The average molecular weight is 363 g/mol. The molecule has 0 saturated carbocycles. The molecule has 2 atom stereocenters. The van der Waals surface area contributed by atoms with Crippen LogP contribution in [0.1, 0.15) is 19.8 Å². The van der Waals surface area contributed by atoms with Crippen LogP contribution in [0, 0.1) is 5.92 Å². The number of hydrogen-bond acceptors (Lipinski definition) is 4. The van der Waals surface area contributed by atoms with Crippen LogP contribution >= 0.6 is 15.9 Å². The number of piperidine rings is 1. The van der Waals surface area contributed by atoms with Crippen LogP contribution < -0.4 is 0 Å². The molecule has 1 aliphatic rings. The zero-order valence-electron chi connectivity index (χ0n) is 10.9. The first-order valence-electron chi connectivity index (χ1n) is 6.17. The van der Waals surface area contributed by atoms with Crippen molar-refractivity contribution in [2.24, 2.45) is 5.92 Å². The lowest BCUT2D eigenvalue weighted by atomic mass is 9.96. The molecular weight excluding hydrogens is 348 g/mol. The summed E-state index contributed by atoms with van der Waals surface area (Å²) in [7, 11) is -3.72. The third-order valence-electron chi connectivity index (χ3n) is 3.46. The normalized spacial score (nSPS) is 24.5. The van der Waals surface area contributed by atoms with Gasteiger partial charge in [-0.25, -0.2) is 8.42 Å². The van der Waals surface area contributed by atoms with Gasteiger partial charge in [-0.15, -0.1) is 0 Å². The molecule has 1 saturated heterocycles. The molecule has 20 heavy (non-hydrogen) atoms. The van der Waals surface area contributed by atoms with Crippen molar-refractivity contribution in [3.05, 3.63) is 22.9 Å². The lowest BCUT2D eigenvalue weighted by molar-refractivity contribution is -0.143. The van der Waals surface area contributed by atoms with Crippen molar-refractivity contribution in [1.29, 1.82) is 0 Å². The Morgan fingerprint density at radius 1 is 1.45 bits per heavy atom. The second kappa shape index (κ2) is 5.79. The molecular formula is C12H15BrN2O4S. The van der Waals surface area contributed by atoms with Crippen molar-refractivity contribution in [1.82, 2.24) is 9.29 Å². The molecule has 0 bridgehead atoms. The number of carboxylic acid groups (broad SMARTS) is 1. The van der Waals surface area contributed by atoms with Crippen molar-refractivity contribution < 1.29 is 18.3 Å². The first-order valence-corrected chi connectivity index (χ1v) is 8.41. The fraction of sp³-hybridized carbons (Fsp3) is 0.500. The highest BCUT2D eigenvalue weighted by Crippen LogP contribution is 2.28. The first kappa shape index (κ1) is 15.4. The molecule has 0 amide bonds. The zero-order chi connectivity index (χ0) is 14.9. The quantitative estimate of drug-likeness (QED) is 0.884. The highest BCUT2D eigenvalue weighted by Gasteiger charge is 2.37. The number of carbonyl (C=O) groups is 1. The summed E-state index contributed by atoms with van der Waals surface area (Å²) >= 11 is 3.19. The minimum Gasteiger partial charge on any atom is -0.481 e. The predicted molar refractivity (Wildman–Crippen MR) is 75.7 cm³/mol. The molecule has 110 valence electrons. The van der Waals surface area contributed by atoms with E-state index in [-0.39, 0.29) is 17.5 Å². The molecule has 0 radical (unpaired) electrons. The standard InChI is InChI=1S/C12H15BrN2O4S/c1-8-2-3-9(12(16)17)7-15(8)20(18,19)11-4-10(13)5-14-6-11/h4-6,8-9H,2-3,7H2,1H3,(H,16,17). The molecule has 1 N–H and O–H groups in total. The van der Waals surface area contributed by atoms with Crippen LogP contribution in [0.25, 0.3) is 0 Å². The molecule has 2 heterocycles. The Kier molecular flexibility index (Phi) is 4.46. The van der Waals surface area contributed by atoms with Gasteiger partial charge < -0.3 is 5.11 Å². The maximum atomic E-state index is 12.6. The summed E-state index contributed by atoms with van der Waals surface area (Å²) in [6.45, 7) is 1.80. The summed E-state index contributed by atoms with van der Waals surface area (Å²) in [4.78, 5) is 15.0. The topological polar surface area (TPSA) is 87.6 Å². The Bertz CT molecular complexity index is 620. The van der Waals surface area contributed by atoms with Gasteiger partial charge in [-0.05, 0) is 41.8 Å². The maximum absolute atomic E-state index is 12.6. The van der Waals surface area contributed by atoms with Crippen LogP contribution in [-0.2, 0) is 14.8 Å². The highest BCUT2D eigenvalue weighted by molar-refractivity contribution is 9.10. The van der Waals surface area contributed by atoms with Gasteiger partial charge in [0, 0.05) is 29.5 Å². The van der Waals surface area contributed by atoms with E-state index in [0.717, 1.165) is 0 Å². The molecule has 8 heteroatoms. The van der Waals surface area contributed by atoms with Crippen molar-refractivity contribution in [3.63, 3.8) is 0 Å². The van der Waals surface area contributed by atoms with E-state index in [9.17, 15) is 13.2 Å². The summed E-state index contributed by atoms with van der Waals surface area (Å²) in [6.07, 6.45) is 3.81. The molecule has 1 aliphatic heterocycles. The third-order valence-corrected chi connectivity index (χ3v) is 5.84. The lowest BCUT2D eigenvalue weighted by Crippen LogP contribution is -2.47. The Morgan fingerprint density at radius 2 is 2.15 bits per heavy atom. The molecule has 2 unspecified atom stereocenters. The van der Waals surface area contributed by atoms with E-state index in [1.807, 2.05) is 0 Å². The van der Waals surface area contributed by atoms with Crippen LogP contribution in [0.4, 0.5) is 0 Å². The van der Waals surface area contributed by atoms with Crippen LogP contribution in [0.2, 0.25) is 0 Å². The van der Waals surface area contributed by atoms with Crippen LogP contribution in [0.15, 0.2) is 27.8 Å². The van der Waals surface area contributed by atoms with E-state index in [1.54, 1.807) is 6.92 Å². The Balaban J connectivity index is 2.34. The van der Waals surface area contributed by atoms with Gasteiger partial charge in [0.25, 0.3) is 0 Å². The molecule has 0 spiro atoms. The lowest BCUT2D eigenvalue weighted by Gasteiger charge is -2.35. The Labute approximate surface area is 126 Å². The first-order chi connectivity index (χ1) is 9.32. The molecule has 1 aromatic rings. The van der Waals surface area contributed by atoms with Gasteiger partial charge >= 0.3 is 5.97 Å². The average Bonchev–Trinajstić information content (AvgIpc) is 2.38. The van der Waals surface area contributed by atoms with Gasteiger partial charge in [0.1, 0.15) is 4.90 Å². The summed E-state index contributed by atoms with van der Waals surface area (Å²) in [6, 6.07) is 1.26. The number of halogens is 1. The minimum atomic E-state index is -3.72. The van der Waals surface area contributed by atoms with E-state index in [4.69, 9.17) is 5.11 Å². The summed E-state index contributed by atoms with van der Waals surface area (Å²) in [5.41, 5.74) is 0. The summed E-state index contributed by atoms with van der Waals surface area (Å²) < 4.78 is 27.0. The van der Waals surface area contributed by atoms with E-state index >= 15 is 0 Å². The van der Waals surface area contributed by atoms with E-state index < -0.39 is 21.9 Å². The van der Waals surface area contributed by atoms with Crippen molar-refractivity contribution in [2.75, 3.05) is 6.54 Å². The van der Waals surface area contributed by atoms with Crippen LogP contribution in [0.3, 0.4) is 0 Å². The van der Waals surface area contributed by atoms with Gasteiger partial charge in [0.15, 0.2) is 0 Å². The smallest absolute Gasteiger partial charge is 0.307 e. The van der Waals surface area contributed by atoms with Crippen LogP contribution in [-0.4, -0.2) is 41.4 Å². The van der Waals surface area contributed by atoms with Crippen LogP contribution in [0.5, 0.6) is 0 Å². The number of aromatic nitrogens is 1. The number of carboxylic acids is 1. The number of rotatable bonds is 3. The summed E-state index contributed by atoms with van der Waals surface area (Å²) in [5, 5.41) is 9.08. The number of hydrogen-bond donors (Lipinski definition) is 1. The Morgan fingerprint density at radius 3 is 2.75 bits per heavy atom. The van der Waals surface area contributed by atoms with Gasteiger partial charge in [0.2, 0.25) is 10.0 Å². The number of aliphatic carboxylic acids is 1. The third kappa shape index (κ3) is 3.02. The van der Waals surface area contributed by atoms with Gasteiger partial charge in [-0.1, -0.05) is 0 Å². The van der Waals surface area contributed by atoms with Gasteiger partial charge in [-0.3, -0.25) is 9.78 Å². The molecule has 1 fully saturated rings. The van der Waals surface area contributed by atoms with Crippen molar-refractivity contribution in [2.45, 2.75) is 30.7 Å². The molecule has 6 nitrogen and oxygen atoms in total.